The topological polar surface area (TPSA) is 57.2 Å². The summed E-state index contributed by atoms with van der Waals surface area (Å²) in [6, 6.07) is 19.7. The first-order valence-electron chi connectivity index (χ1n) is 8.87. The molecule has 0 aromatic heterocycles. The first-order chi connectivity index (χ1) is 13.2. The molecule has 0 bridgehead atoms. The van der Waals surface area contributed by atoms with Gasteiger partial charge >= 0.3 is 0 Å². The van der Waals surface area contributed by atoms with Crippen LogP contribution in [-0.2, 0) is 32.2 Å². The average Bonchev–Trinajstić information content (AvgIpc) is 2.73. The average molecular weight is 388 g/mol. The third-order valence-corrected chi connectivity index (χ3v) is 4.91. The van der Waals surface area contributed by atoms with Gasteiger partial charge in [0.05, 0.1) is 24.7 Å². The molecule has 1 aliphatic heterocycles. The Labute approximate surface area is 164 Å². The molecule has 2 aromatic carbocycles. The molecule has 144 valence electrons. The summed E-state index contributed by atoms with van der Waals surface area (Å²) in [4.78, 5) is 0.486. The van der Waals surface area contributed by atoms with Gasteiger partial charge in [0.25, 0.3) is 0 Å². The Kier molecular flexibility index (Phi) is 7.46. The molecule has 6 heteroatoms. The predicted octanol–water partition coefficient (Wildman–Crippen LogP) is 2.89. The molecule has 1 heterocycles. The Hall–Kier alpha value is -1.67. The second-order valence-corrected chi connectivity index (χ2v) is 6.76. The van der Waals surface area contributed by atoms with Gasteiger partial charge in [-0.1, -0.05) is 72.9 Å². The number of rotatable bonds is 8. The fraction of sp³-hybridized carbons (Fsp3) is 0.381. The van der Waals surface area contributed by atoms with Crippen LogP contribution in [0.2, 0.25) is 0 Å². The molecule has 0 saturated carbocycles. The van der Waals surface area contributed by atoms with Gasteiger partial charge in [-0.25, -0.2) is 0 Å². The molecule has 0 aliphatic carbocycles. The zero-order valence-corrected chi connectivity index (χ0v) is 16.0. The van der Waals surface area contributed by atoms with Crippen molar-refractivity contribution in [3.8, 4) is 0 Å². The van der Waals surface area contributed by atoms with Crippen LogP contribution in [0.4, 0.5) is 0 Å². The molecule has 4 atom stereocenters. The van der Waals surface area contributed by atoms with Gasteiger partial charge in [0.15, 0.2) is 6.29 Å². The van der Waals surface area contributed by atoms with Crippen LogP contribution in [0.25, 0.3) is 0 Å². The first-order valence-corrected chi connectivity index (χ1v) is 9.27. The number of hydrogen-bond donors (Lipinski definition) is 1. The van der Waals surface area contributed by atoms with Gasteiger partial charge in [-0.05, 0) is 11.1 Å². The van der Waals surface area contributed by atoms with Gasteiger partial charge in [-0.2, -0.15) is 0 Å². The molecule has 27 heavy (non-hydrogen) atoms. The molecule has 5 nitrogen and oxygen atoms in total. The van der Waals surface area contributed by atoms with E-state index in [9.17, 15) is 5.11 Å². The zero-order valence-electron chi connectivity index (χ0n) is 15.2. The third kappa shape index (κ3) is 5.19. The second-order valence-electron chi connectivity index (χ2n) is 6.29. The maximum absolute atomic E-state index is 9.61. The Balaban J connectivity index is 1.74. The maximum atomic E-state index is 9.61. The number of hydrogen-bond acceptors (Lipinski definition) is 6. The predicted molar refractivity (Wildman–Crippen MR) is 105 cm³/mol. The summed E-state index contributed by atoms with van der Waals surface area (Å²) in [6.07, 6.45) is -2.37. The van der Waals surface area contributed by atoms with E-state index in [1.54, 1.807) is 7.11 Å². The Morgan fingerprint density at radius 2 is 1.48 bits per heavy atom. The molecular weight excluding hydrogens is 364 g/mol. The molecular formula is C21H24O5S. The summed E-state index contributed by atoms with van der Waals surface area (Å²) in [5, 5.41) is 9.61. The smallest absolute Gasteiger partial charge is 0.187 e. The molecule has 3 rings (SSSR count). The molecule has 1 fully saturated rings. The zero-order chi connectivity index (χ0) is 19.1. The normalized spacial score (nSPS) is 25.5. The highest BCUT2D eigenvalue weighted by Gasteiger charge is 2.44. The van der Waals surface area contributed by atoms with E-state index in [-0.39, 0.29) is 6.61 Å². The fourth-order valence-electron chi connectivity index (χ4n) is 2.99. The summed E-state index contributed by atoms with van der Waals surface area (Å²) in [5.41, 5.74) is 2.06. The largest absolute Gasteiger partial charge is 0.393 e. The molecule has 0 amide bonds. The van der Waals surface area contributed by atoms with E-state index < -0.39 is 24.6 Å². The number of benzene rings is 2. The van der Waals surface area contributed by atoms with Crippen LogP contribution in [0.5, 0.6) is 0 Å². The van der Waals surface area contributed by atoms with Crippen LogP contribution in [0, 0.1) is 0 Å². The lowest BCUT2D eigenvalue weighted by Gasteiger charge is -2.40. The number of methoxy groups -OCH3 is 1. The summed E-state index contributed by atoms with van der Waals surface area (Å²) in [5.74, 6) is 0. The van der Waals surface area contributed by atoms with Gasteiger partial charge in [-0.3, -0.25) is 0 Å². The van der Waals surface area contributed by atoms with E-state index in [0.29, 0.717) is 18.1 Å². The van der Waals surface area contributed by atoms with Crippen molar-refractivity contribution in [2.45, 2.75) is 37.8 Å². The van der Waals surface area contributed by atoms with Crippen molar-refractivity contribution in [1.29, 1.82) is 0 Å². The van der Waals surface area contributed by atoms with Gasteiger partial charge in [0.1, 0.15) is 18.3 Å². The minimum absolute atomic E-state index is 0.227. The molecule has 1 aliphatic rings. The maximum Gasteiger partial charge on any atom is 0.187 e. The highest BCUT2D eigenvalue weighted by molar-refractivity contribution is 7.80. The number of aliphatic hydroxyl groups is 1. The number of thiocarbonyl (C=S) groups is 1. The highest BCUT2D eigenvalue weighted by Crippen LogP contribution is 2.26. The summed E-state index contributed by atoms with van der Waals surface area (Å²) >= 11 is 5.53. The van der Waals surface area contributed by atoms with Crippen LogP contribution in [0.1, 0.15) is 11.1 Å². The first kappa shape index (κ1) is 20.1. The van der Waals surface area contributed by atoms with E-state index in [4.69, 9.17) is 31.2 Å². The molecule has 2 aromatic rings. The van der Waals surface area contributed by atoms with Crippen molar-refractivity contribution in [2.75, 3.05) is 13.7 Å². The van der Waals surface area contributed by atoms with E-state index in [0.717, 1.165) is 11.1 Å². The summed E-state index contributed by atoms with van der Waals surface area (Å²) < 4.78 is 23.4. The standard InChI is InChI=1S/C21H24O5S/c1-23-21-19(25-14-16-10-6-3-7-11-16)18(20(27)17(12-22)26-21)24-13-15-8-4-2-5-9-15/h2-11,17-19,21-22H,12-14H2,1H3/t17-,18-,19-,21-/m1/s1. The quantitative estimate of drug-likeness (QED) is 0.702. The summed E-state index contributed by atoms with van der Waals surface area (Å²) in [7, 11) is 1.54. The summed E-state index contributed by atoms with van der Waals surface area (Å²) in [6.45, 7) is 0.535. The van der Waals surface area contributed by atoms with Crippen molar-refractivity contribution >= 4 is 17.1 Å². The van der Waals surface area contributed by atoms with Crippen molar-refractivity contribution in [3.05, 3.63) is 71.8 Å². The van der Waals surface area contributed by atoms with E-state index in [1.165, 1.54) is 0 Å². The van der Waals surface area contributed by atoms with Crippen molar-refractivity contribution in [1.82, 2.24) is 0 Å². The number of ether oxygens (including phenoxy) is 4. The lowest BCUT2D eigenvalue weighted by Crippen LogP contribution is -2.57. The Morgan fingerprint density at radius 1 is 0.926 bits per heavy atom. The van der Waals surface area contributed by atoms with Gasteiger partial charge in [0, 0.05) is 7.11 Å². The Morgan fingerprint density at radius 3 is 2.00 bits per heavy atom. The van der Waals surface area contributed by atoms with Crippen LogP contribution in [-0.4, -0.2) is 48.3 Å². The lowest BCUT2D eigenvalue weighted by atomic mass is 10.0. The van der Waals surface area contributed by atoms with Crippen LogP contribution in [0.3, 0.4) is 0 Å². The molecule has 0 spiro atoms. The molecule has 0 unspecified atom stereocenters. The van der Waals surface area contributed by atoms with Crippen molar-refractivity contribution < 1.29 is 24.1 Å². The Bertz CT molecular complexity index is 709. The molecule has 0 radical (unpaired) electrons. The van der Waals surface area contributed by atoms with Crippen molar-refractivity contribution in [3.63, 3.8) is 0 Å². The van der Waals surface area contributed by atoms with Crippen LogP contribution >= 0.6 is 12.2 Å². The van der Waals surface area contributed by atoms with Crippen LogP contribution < -0.4 is 0 Å². The highest BCUT2D eigenvalue weighted by atomic mass is 32.1. The van der Waals surface area contributed by atoms with Crippen molar-refractivity contribution in [2.24, 2.45) is 0 Å². The number of aliphatic hydroxyl groups excluding tert-OH is 1. The van der Waals surface area contributed by atoms with E-state index >= 15 is 0 Å². The molecule has 1 saturated heterocycles. The minimum Gasteiger partial charge on any atom is -0.393 e. The van der Waals surface area contributed by atoms with Gasteiger partial charge < -0.3 is 24.1 Å². The van der Waals surface area contributed by atoms with Crippen LogP contribution in [0.15, 0.2) is 60.7 Å². The van der Waals surface area contributed by atoms with E-state index in [1.807, 2.05) is 60.7 Å². The van der Waals surface area contributed by atoms with Gasteiger partial charge in [0.2, 0.25) is 0 Å². The lowest BCUT2D eigenvalue weighted by molar-refractivity contribution is -0.246. The second kappa shape index (κ2) is 10.0. The fourth-order valence-corrected chi connectivity index (χ4v) is 3.32. The monoisotopic (exact) mass is 388 g/mol. The third-order valence-electron chi connectivity index (χ3n) is 4.42. The minimum atomic E-state index is -0.682. The molecule has 1 N–H and O–H groups in total. The van der Waals surface area contributed by atoms with E-state index in [2.05, 4.69) is 0 Å². The van der Waals surface area contributed by atoms with Gasteiger partial charge in [-0.15, -0.1) is 0 Å². The SMILES string of the molecule is CO[C@@H]1O[C@H](CO)C(=S)[C@H](OCc2ccccc2)[C@H]1OCc1ccccc1.